The summed E-state index contributed by atoms with van der Waals surface area (Å²) in [6, 6.07) is 15.1. The highest BCUT2D eigenvalue weighted by molar-refractivity contribution is 7.15. The second-order valence-electron chi connectivity index (χ2n) is 8.56. The standard InChI is InChI=1S/C29H25N5O6S/c1-3-38-23-15-18(16-24-27(36)34-29(41-24)32-26(33-34)19-11-13-30-14-12-19)5-10-22(23)40-17-25(35)31-21-8-6-20(7-9-21)28(37)39-4-2/h5-16H,3-4,17H2,1-2H3,(H,31,35)/b24-16-. The second kappa shape index (κ2) is 12.4. The van der Waals surface area contributed by atoms with Crippen molar-refractivity contribution in [3.05, 3.63) is 93.0 Å². The van der Waals surface area contributed by atoms with E-state index in [-0.39, 0.29) is 24.7 Å². The third-order valence-electron chi connectivity index (χ3n) is 5.72. The Morgan fingerprint density at radius 1 is 0.976 bits per heavy atom. The lowest BCUT2D eigenvalue weighted by Crippen LogP contribution is -2.23. The first kappa shape index (κ1) is 27.5. The van der Waals surface area contributed by atoms with Crippen molar-refractivity contribution in [3.63, 3.8) is 0 Å². The minimum absolute atomic E-state index is 0.263. The minimum atomic E-state index is -0.426. The third-order valence-corrected chi connectivity index (χ3v) is 6.68. The molecule has 0 fully saturated rings. The molecule has 2 aromatic carbocycles. The lowest BCUT2D eigenvalue weighted by molar-refractivity contribution is -0.118. The molecule has 11 nitrogen and oxygen atoms in total. The number of anilines is 1. The maximum atomic E-state index is 13.0. The Labute approximate surface area is 238 Å². The second-order valence-corrected chi connectivity index (χ2v) is 9.56. The lowest BCUT2D eigenvalue weighted by Gasteiger charge is -2.13. The van der Waals surface area contributed by atoms with Gasteiger partial charge in [0.05, 0.1) is 23.3 Å². The van der Waals surface area contributed by atoms with Crippen LogP contribution in [-0.2, 0) is 9.53 Å². The molecular weight excluding hydrogens is 546 g/mol. The minimum Gasteiger partial charge on any atom is -0.490 e. The van der Waals surface area contributed by atoms with Gasteiger partial charge in [-0.2, -0.15) is 9.50 Å². The van der Waals surface area contributed by atoms with Gasteiger partial charge in [0.15, 0.2) is 23.9 Å². The van der Waals surface area contributed by atoms with Crippen LogP contribution in [0, 0.1) is 0 Å². The molecule has 0 atom stereocenters. The maximum Gasteiger partial charge on any atom is 0.338 e. The molecule has 0 saturated heterocycles. The largest absolute Gasteiger partial charge is 0.490 e. The zero-order chi connectivity index (χ0) is 28.8. The molecule has 0 spiro atoms. The fourth-order valence-electron chi connectivity index (χ4n) is 3.85. The molecule has 5 rings (SSSR count). The smallest absolute Gasteiger partial charge is 0.338 e. The highest BCUT2D eigenvalue weighted by Gasteiger charge is 2.14. The normalized spacial score (nSPS) is 11.4. The summed E-state index contributed by atoms with van der Waals surface area (Å²) in [7, 11) is 0. The number of esters is 1. The fourth-order valence-corrected chi connectivity index (χ4v) is 4.76. The van der Waals surface area contributed by atoms with Gasteiger partial charge in [-0.15, -0.1) is 5.10 Å². The molecule has 5 aromatic rings. The molecule has 208 valence electrons. The molecule has 3 heterocycles. The monoisotopic (exact) mass is 571 g/mol. The molecule has 3 aromatic heterocycles. The molecule has 12 heteroatoms. The van der Waals surface area contributed by atoms with Gasteiger partial charge >= 0.3 is 5.97 Å². The van der Waals surface area contributed by atoms with E-state index >= 15 is 0 Å². The van der Waals surface area contributed by atoms with Crippen LogP contribution >= 0.6 is 11.3 Å². The Bertz CT molecular complexity index is 1800. The summed E-state index contributed by atoms with van der Waals surface area (Å²) in [6.07, 6.45) is 5.02. The number of hydrogen-bond donors (Lipinski definition) is 1. The van der Waals surface area contributed by atoms with E-state index in [4.69, 9.17) is 14.2 Å². The summed E-state index contributed by atoms with van der Waals surface area (Å²) >= 11 is 1.23. The molecule has 1 N–H and O–H groups in total. The van der Waals surface area contributed by atoms with Gasteiger partial charge < -0.3 is 19.5 Å². The number of hydrogen-bond acceptors (Lipinski definition) is 10. The van der Waals surface area contributed by atoms with Gasteiger partial charge in [-0.05, 0) is 74.0 Å². The lowest BCUT2D eigenvalue weighted by atomic mass is 10.2. The van der Waals surface area contributed by atoms with Crippen molar-refractivity contribution in [2.75, 3.05) is 25.1 Å². The first-order chi connectivity index (χ1) is 19.9. The Balaban J connectivity index is 1.28. The molecule has 0 saturated carbocycles. The van der Waals surface area contributed by atoms with Gasteiger partial charge in [-0.25, -0.2) is 4.79 Å². The van der Waals surface area contributed by atoms with Crippen molar-refractivity contribution < 1.29 is 23.8 Å². The summed E-state index contributed by atoms with van der Waals surface area (Å²) < 4.78 is 18.2. The molecule has 0 aliphatic heterocycles. The zero-order valence-corrected chi connectivity index (χ0v) is 23.0. The van der Waals surface area contributed by atoms with Gasteiger partial charge in [0.1, 0.15) is 0 Å². The van der Waals surface area contributed by atoms with Gasteiger partial charge in [0.2, 0.25) is 4.96 Å². The molecule has 0 unspecified atom stereocenters. The van der Waals surface area contributed by atoms with E-state index in [9.17, 15) is 14.4 Å². The molecule has 0 aliphatic rings. The number of nitrogens with one attached hydrogen (secondary N) is 1. The van der Waals surface area contributed by atoms with Gasteiger partial charge in [-0.1, -0.05) is 17.4 Å². The SMILES string of the molecule is CCOC(=O)c1ccc(NC(=O)COc2ccc(/C=c3\sc4nc(-c5ccncc5)nn4c3=O)cc2OCC)cc1. The van der Waals surface area contributed by atoms with Crippen LogP contribution in [0.4, 0.5) is 5.69 Å². The van der Waals surface area contributed by atoms with E-state index < -0.39 is 5.97 Å². The molecule has 41 heavy (non-hydrogen) atoms. The topological polar surface area (TPSA) is 134 Å². The van der Waals surface area contributed by atoms with Crippen LogP contribution in [0.3, 0.4) is 0 Å². The van der Waals surface area contributed by atoms with Gasteiger partial charge in [0, 0.05) is 23.6 Å². The van der Waals surface area contributed by atoms with Crippen molar-refractivity contribution in [1.82, 2.24) is 19.6 Å². The number of amides is 1. The Morgan fingerprint density at radius 3 is 2.46 bits per heavy atom. The zero-order valence-electron chi connectivity index (χ0n) is 22.2. The average molecular weight is 572 g/mol. The Hall–Kier alpha value is -5.10. The number of carbonyl (C=O) groups excluding carboxylic acids is 2. The van der Waals surface area contributed by atoms with E-state index in [0.29, 0.717) is 50.2 Å². The van der Waals surface area contributed by atoms with Crippen LogP contribution in [0.15, 0.2) is 71.8 Å². The third kappa shape index (κ3) is 6.39. The molecule has 1 amide bonds. The van der Waals surface area contributed by atoms with E-state index in [2.05, 4.69) is 20.4 Å². The quantitative estimate of drug-likeness (QED) is 0.251. The highest BCUT2D eigenvalue weighted by atomic mass is 32.1. The Kier molecular flexibility index (Phi) is 8.30. The van der Waals surface area contributed by atoms with Gasteiger partial charge in [-0.3, -0.25) is 14.6 Å². The average Bonchev–Trinajstić information content (AvgIpc) is 3.52. The van der Waals surface area contributed by atoms with E-state index in [1.54, 1.807) is 80.0 Å². The predicted octanol–water partition coefficient (Wildman–Crippen LogP) is 3.35. The van der Waals surface area contributed by atoms with Crippen molar-refractivity contribution in [2.45, 2.75) is 13.8 Å². The van der Waals surface area contributed by atoms with Crippen molar-refractivity contribution >= 4 is 39.9 Å². The summed E-state index contributed by atoms with van der Waals surface area (Å²) in [6.45, 7) is 3.97. The highest BCUT2D eigenvalue weighted by Crippen LogP contribution is 2.29. The number of pyridine rings is 1. The van der Waals surface area contributed by atoms with Crippen molar-refractivity contribution in [1.29, 1.82) is 0 Å². The van der Waals surface area contributed by atoms with Crippen LogP contribution in [0.25, 0.3) is 22.4 Å². The van der Waals surface area contributed by atoms with Crippen molar-refractivity contribution in [2.24, 2.45) is 0 Å². The number of nitrogens with zero attached hydrogens (tertiary/aromatic N) is 4. The number of carbonyl (C=O) groups is 2. The number of fused-ring (bicyclic) bond motifs is 1. The summed E-state index contributed by atoms with van der Waals surface area (Å²) in [5, 5.41) is 7.07. The first-order valence-electron chi connectivity index (χ1n) is 12.7. The summed E-state index contributed by atoms with van der Waals surface area (Å²) in [5.41, 5.74) is 2.12. The van der Waals surface area contributed by atoms with E-state index in [0.717, 1.165) is 5.56 Å². The number of benzene rings is 2. The van der Waals surface area contributed by atoms with Crippen LogP contribution in [-0.4, -0.2) is 51.3 Å². The van der Waals surface area contributed by atoms with Crippen LogP contribution in [0.5, 0.6) is 11.5 Å². The van der Waals surface area contributed by atoms with E-state index in [1.807, 2.05) is 6.92 Å². The molecular formula is C29H25N5O6S. The fraction of sp³-hybridized carbons (Fsp3) is 0.172. The van der Waals surface area contributed by atoms with Crippen molar-refractivity contribution in [3.8, 4) is 22.9 Å². The first-order valence-corrected chi connectivity index (χ1v) is 13.5. The molecule has 0 radical (unpaired) electrons. The predicted molar refractivity (Wildman–Crippen MR) is 153 cm³/mol. The van der Waals surface area contributed by atoms with Crippen LogP contribution < -0.4 is 24.9 Å². The number of thiazole rings is 1. The summed E-state index contributed by atoms with van der Waals surface area (Å²) in [5.74, 6) is 0.456. The number of rotatable bonds is 10. The number of ether oxygens (including phenoxy) is 3. The van der Waals surface area contributed by atoms with Crippen LogP contribution in [0.1, 0.15) is 29.8 Å². The van der Waals surface area contributed by atoms with E-state index in [1.165, 1.54) is 15.9 Å². The maximum absolute atomic E-state index is 13.0. The number of aromatic nitrogens is 4. The Morgan fingerprint density at radius 2 is 1.76 bits per heavy atom. The van der Waals surface area contributed by atoms with Crippen LogP contribution in [0.2, 0.25) is 0 Å². The van der Waals surface area contributed by atoms with Gasteiger partial charge in [0.25, 0.3) is 11.5 Å². The molecule has 0 bridgehead atoms. The summed E-state index contributed by atoms with van der Waals surface area (Å²) in [4.78, 5) is 46.2. The molecule has 0 aliphatic carbocycles.